The van der Waals surface area contributed by atoms with Gasteiger partial charge in [0, 0.05) is 17.2 Å². The van der Waals surface area contributed by atoms with Crippen molar-refractivity contribution in [2.75, 3.05) is 24.8 Å². The first-order valence-corrected chi connectivity index (χ1v) is 13.6. The Balaban J connectivity index is 1.41. The second-order valence-corrected chi connectivity index (χ2v) is 11.1. The van der Waals surface area contributed by atoms with Crippen molar-refractivity contribution in [2.45, 2.75) is 56.8 Å². The molecule has 34 heavy (non-hydrogen) atoms. The van der Waals surface area contributed by atoms with Gasteiger partial charge in [0.05, 0.1) is 30.9 Å². The zero-order valence-corrected chi connectivity index (χ0v) is 21.1. The van der Waals surface area contributed by atoms with Crippen molar-refractivity contribution >= 4 is 44.9 Å². The summed E-state index contributed by atoms with van der Waals surface area (Å²) in [5.41, 5.74) is 1.89. The monoisotopic (exact) mass is 499 g/mol. The van der Waals surface area contributed by atoms with E-state index in [1.807, 2.05) is 0 Å². The van der Waals surface area contributed by atoms with Gasteiger partial charge in [0.25, 0.3) is 5.56 Å². The third-order valence-corrected chi connectivity index (χ3v) is 8.62. The zero-order chi connectivity index (χ0) is 23.7. The molecule has 1 amide bonds. The fraction of sp³-hybridized carbons (Fsp3) is 0.480. The van der Waals surface area contributed by atoms with E-state index < -0.39 is 0 Å². The van der Waals surface area contributed by atoms with Gasteiger partial charge in [0.2, 0.25) is 5.91 Å². The van der Waals surface area contributed by atoms with Crippen LogP contribution in [0.4, 0.5) is 5.69 Å². The molecule has 2 unspecified atom stereocenters. The summed E-state index contributed by atoms with van der Waals surface area (Å²) in [5, 5.41) is 4.26. The first kappa shape index (κ1) is 23.4. The van der Waals surface area contributed by atoms with Crippen molar-refractivity contribution in [3.63, 3.8) is 0 Å². The van der Waals surface area contributed by atoms with Gasteiger partial charge in [0.15, 0.2) is 5.16 Å². The highest BCUT2D eigenvalue weighted by atomic mass is 32.2. The SMILES string of the molecule is COc1ccc(NC(=O)CSc2nc3sc4c(c3c(=O)n2CC2CCCO2)CCC(C)C4)cc1. The van der Waals surface area contributed by atoms with Crippen molar-refractivity contribution < 1.29 is 14.3 Å². The number of methoxy groups -OCH3 is 1. The van der Waals surface area contributed by atoms with Crippen LogP contribution >= 0.6 is 23.1 Å². The predicted molar refractivity (Wildman–Crippen MR) is 136 cm³/mol. The molecular weight excluding hydrogens is 470 g/mol. The number of benzene rings is 1. The Morgan fingerprint density at radius 3 is 2.88 bits per heavy atom. The number of anilines is 1. The molecule has 2 aromatic heterocycles. The highest BCUT2D eigenvalue weighted by Crippen LogP contribution is 2.36. The van der Waals surface area contributed by atoms with E-state index in [2.05, 4.69) is 12.2 Å². The fourth-order valence-corrected chi connectivity index (χ4v) is 6.90. The molecule has 2 atom stereocenters. The number of hydrogen-bond donors (Lipinski definition) is 1. The summed E-state index contributed by atoms with van der Waals surface area (Å²) in [6.45, 7) is 3.47. The molecule has 0 saturated carbocycles. The maximum atomic E-state index is 13.7. The first-order valence-electron chi connectivity index (χ1n) is 11.7. The van der Waals surface area contributed by atoms with Crippen LogP contribution in [0.2, 0.25) is 0 Å². The van der Waals surface area contributed by atoms with Gasteiger partial charge in [-0.2, -0.15) is 0 Å². The zero-order valence-electron chi connectivity index (χ0n) is 19.5. The summed E-state index contributed by atoms with van der Waals surface area (Å²) >= 11 is 2.95. The molecule has 5 rings (SSSR count). The molecule has 7 nitrogen and oxygen atoms in total. The normalized spacial score (nSPS) is 19.8. The molecule has 9 heteroatoms. The summed E-state index contributed by atoms with van der Waals surface area (Å²) < 4.78 is 12.7. The topological polar surface area (TPSA) is 82.5 Å². The smallest absolute Gasteiger partial charge is 0.263 e. The quantitative estimate of drug-likeness (QED) is 0.381. The van der Waals surface area contributed by atoms with Crippen LogP contribution in [0.25, 0.3) is 10.2 Å². The van der Waals surface area contributed by atoms with Crippen molar-refractivity contribution in [2.24, 2.45) is 5.92 Å². The van der Waals surface area contributed by atoms with Crippen molar-refractivity contribution in [3.05, 3.63) is 45.1 Å². The molecule has 1 fully saturated rings. The van der Waals surface area contributed by atoms with Gasteiger partial charge in [-0.25, -0.2) is 4.98 Å². The lowest BCUT2D eigenvalue weighted by atomic mass is 9.89. The lowest BCUT2D eigenvalue weighted by Crippen LogP contribution is -2.29. The van der Waals surface area contributed by atoms with E-state index in [-0.39, 0.29) is 23.3 Å². The van der Waals surface area contributed by atoms with Crippen molar-refractivity contribution in [3.8, 4) is 5.75 Å². The van der Waals surface area contributed by atoms with Crippen LogP contribution in [0.5, 0.6) is 5.75 Å². The molecule has 2 aliphatic rings. The minimum Gasteiger partial charge on any atom is -0.497 e. The Bertz CT molecular complexity index is 1250. The third-order valence-electron chi connectivity index (χ3n) is 6.50. The standard InChI is InChI=1S/C25H29N3O4S2/c1-15-5-10-19-20(12-15)34-23-22(19)24(30)28(13-18-4-3-11-32-18)25(27-23)33-14-21(29)26-16-6-8-17(31-2)9-7-16/h6-9,15,18H,3-5,10-14H2,1-2H3,(H,26,29). The lowest BCUT2D eigenvalue weighted by molar-refractivity contribution is -0.113. The number of nitrogens with one attached hydrogen (secondary N) is 1. The fourth-order valence-electron chi connectivity index (χ4n) is 4.67. The van der Waals surface area contributed by atoms with Crippen LogP contribution in [-0.4, -0.2) is 41.0 Å². The number of amides is 1. The Kier molecular flexibility index (Phi) is 6.94. The van der Waals surface area contributed by atoms with Gasteiger partial charge in [-0.1, -0.05) is 18.7 Å². The summed E-state index contributed by atoms with van der Waals surface area (Å²) in [7, 11) is 1.61. The molecular formula is C25H29N3O4S2. The van der Waals surface area contributed by atoms with E-state index >= 15 is 0 Å². The summed E-state index contributed by atoms with van der Waals surface area (Å²) in [6.07, 6.45) is 5.00. The largest absolute Gasteiger partial charge is 0.497 e. The van der Waals surface area contributed by atoms with E-state index in [4.69, 9.17) is 14.5 Å². The molecule has 1 aromatic carbocycles. The van der Waals surface area contributed by atoms with Crippen LogP contribution in [0.3, 0.4) is 0 Å². The molecule has 1 N–H and O–H groups in total. The Labute approximate surface area is 206 Å². The molecule has 3 aromatic rings. The van der Waals surface area contributed by atoms with E-state index in [9.17, 15) is 9.59 Å². The van der Waals surface area contributed by atoms with Gasteiger partial charge < -0.3 is 14.8 Å². The molecule has 180 valence electrons. The highest BCUT2D eigenvalue weighted by Gasteiger charge is 2.26. The molecule has 0 spiro atoms. The lowest BCUT2D eigenvalue weighted by Gasteiger charge is -2.18. The number of thiophene rings is 1. The molecule has 0 bridgehead atoms. The van der Waals surface area contributed by atoms with Crippen LogP contribution in [-0.2, 0) is 28.9 Å². The second-order valence-electron chi connectivity index (χ2n) is 9.04. The molecule has 1 aliphatic carbocycles. The summed E-state index contributed by atoms with van der Waals surface area (Å²) in [4.78, 5) is 33.3. The van der Waals surface area contributed by atoms with E-state index in [0.717, 1.165) is 54.7 Å². The average Bonchev–Trinajstić information content (AvgIpc) is 3.47. The van der Waals surface area contributed by atoms with E-state index in [1.54, 1.807) is 47.3 Å². The molecule has 1 aliphatic heterocycles. The minimum absolute atomic E-state index is 0.00520. The summed E-state index contributed by atoms with van der Waals surface area (Å²) in [6, 6.07) is 7.21. The number of thioether (sulfide) groups is 1. The maximum absolute atomic E-state index is 13.7. The average molecular weight is 500 g/mol. The second kappa shape index (κ2) is 10.1. The number of carbonyl (C=O) groups is 1. The Morgan fingerprint density at radius 2 is 2.15 bits per heavy atom. The van der Waals surface area contributed by atoms with E-state index in [1.165, 1.54) is 22.2 Å². The third kappa shape index (κ3) is 4.87. The number of rotatable bonds is 7. The Morgan fingerprint density at radius 1 is 1.32 bits per heavy atom. The van der Waals surface area contributed by atoms with Crippen LogP contribution < -0.4 is 15.6 Å². The predicted octanol–water partition coefficient (Wildman–Crippen LogP) is 4.50. The van der Waals surface area contributed by atoms with Gasteiger partial charge in [0.1, 0.15) is 10.6 Å². The van der Waals surface area contributed by atoms with E-state index in [0.29, 0.717) is 23.3 Å². The van der Waals surface area contributed by atoms with Gasteiger partial charge in [-0.15, -0.1) is 11.3 Å². The van der Waals surface area contributed by atoms with Crippen molar-refractivity contribution in [1.82, 2.24) is 9.55 Å². The van der Waals surface area contributed by atoms with Crippen LogP contribution in [0, 0.1) is 5.92 Å². The number of nitrogens with zero attached hydrogens (tertiary/aromatic N) is 2. The van der Waals surface area contributed by atoms with Gasteiger partial charge in [-0.05, 0) is 67.9 Å². The number of fused-ring (bicyclic) bond motifs is 3. The number of aryl methyl sites for hydroxylation is 1. The molecule has 0 radical (unpaired) electrons. The van der Waals surface area contributed by atoms with Gasteiger partial charge >= 0.3 is 0 Å². The van der Waals surface area contributed by atoms with Crippen LogP contribution in [0.1, 0.15) is 36.6 Å². The number of carbonyl (C=O) groups excluding carboxylic acids is 1. The Hall–Kier alpha value is -2.36. The first-order chi connectivity index (χ1) is 16.5. The maximum Gasteiger partial charge on any atom is 0.263 e. The molecule has 3 heterocycles. The highest BCUT2D eigenvalue weighted by molar-refractivity contribution is 7.99. The number of aromatic nitrogens is 2. The number of ether oxygens (including phenoxy) is 2. The minimum atomic E-state index is -0.146. The van der Waals surface area contributed by atoms with Crippen molar-refractivity contribution in [1.29, 1.82) is 0 Å². The number of hydrogen-bond acceptors (Lipinski definition) is 7. The molecule has 1 saturated heterocycles. The van der Waals surface area contributed by atoms with Gasteiger partial charge in [-0.3, -0.25) is 14.2 Å². The van der Waals surface area contributed by atoms with Crippen LogP contribution in [0.15, 0.2) is 34.2 Å². The summed E-state index contributed by atoms with van der Waals surface area (Å²) in [5.74, 6) is 1.38.